The van der Waals surface area contributed by atoms with Crippen molar-refractivity contribution in [3.63, 3.8) is 0 Å². The number of nitrogens with zero attached hydrogens (tertiary/aromatic N) is 6. The number of hydrogen-bond acceptors (Lipinski definition) is 8. The molecule has 0 amide bonds. The number of anilines is 1. The van der Waals surface area contributed by atoms with Crippen LogP contribution in [0.25, 0.3) is 22.2 Å². The molecule has 2 aliphatic rings. The van der Waals surface area contributed by atoms with E-state index >= 15 is 0 Å². The number of methoxy groups -OCH3 is 1. The molecule has 6 rings (SSSR count). The quantitative estimate of drug-likeness (QED) is 0.337. The molecule has 0 atom stereocenters. The molecule has 1 aliphatic heterocycles. The van der Waals surface area contributed by atoms with Crippen molar-refractivity contribution in [3.8, 4) is 22.8 Å². The maximum atomic E-state index is 10.1. The summed E-state index contributed by atoms with van der Waals surface area (Å²) in [5, 5.41) is 16.2. The van der Waals surface area contributed by atoms with Crippen LogP contribution in [0.1, 0.15) is 37.3 Å². The van der Waals surface area contributed by atoms with E-state index in [0.29, 0.717) is 34.8 Å². The van der Waals surface area contributed by atoms with Gasteiger partial charge in [-0.05, 0) is 57.0 Å². The molecule has 0 unspecified atom stereocenters. The van der Waals surface area contributed by atoms with Gasteiger partial charge in [0.2, 0.25) is 0 Å². The zero-order valence-electron chi connectivity index (χ0n) is 23.2. The highest BCUT2D eigenvalue weighted by Crippen LogP contribution is 2.40. The molecular formula is C31H37N7O2. The van der Waals surface area contributed by atoms with E-state index in [1.807, 2.05) is 36.5 Å². The molecule has 1 saturated carbocycles. The maximum Gasteiger partial charge on any atom is 0.145 e. The molecule has 2 aromatic heterocycles. The number of para-hydroxylation sites is 1. The lowest BCUT2D eigenvalue weighted by atomic mass is 9.89. The second kappa shape index (κ2) is 11.3. The number of hydrogen-bond donors (Lipinski definition) is 2. The van der Waals surface area contributed by atoms with Crippen LogP contribution in [-0.2, 0) is 0 Å². The molecule has 4 aromatic rings. The summed E-state index contributed by atoms with van der Waals surface area (Å²) in [5.74, 6) is 0.799. The fourth-order valence-corrected chi connectivity index (χ4v) is 6.11. The van der Waals surface area contributed by atoms with Crippen molar-refractivity contribution in [1.82, 2.24) is 24.6 Å². The van der Waals surface area contributed by atoms with Crippen LogP contribution >= 0.6 is 0 Å². The Morgan fingerprint density at radius 3 is 2.50 bits per heavy atom. The normalized spacial score (nSPS) is 20.9. The van der Waals surface area contributed by atoms with Crippen LogP contribution in [0.3, 0.4) is 0 Å². The van der Waals surface area contributed by atoms with Crippen LogP contribution in [0.2, 0.25) is 0 Å². The van der Waals surface area contributed by atoms with E-state index < -0.39 is 0 Å². The molecule has 0 radical (unpaired) electrons. The van der Waals surface area contributed by atoms with E-state index in [-0.39, 0.29) is 5.75 Å². The van der Waals surface area contributed by atoms with E-state index in [1.54, 1.807) is 31.7 Å². The number of likely N-dealkylation sites (N-methyl/N-ethyl adjacent to an activating group) is 1. The predicted molar refractivity (Wildman–Crippen MR) is 160 cm³/mol. The van der Waals surface area contributed by atoms with E-state index in [1.165, 1.54) is 12.8 Å². The topological polar surface area (TPSA) is 105 Å². The first-order chi connectivity index (χ1) is 19.5. The molecule has 3 N–H and O–H groups in total. The van der Waals surface area contributed by atoms with Gasteiger partial charge in [0.15, 0.2) is 0 Å². The van der Waals surface area contributed by atoms with Crippen LogP contribution in [0.5, 0.6) is 11.5 Å². The number of aromatic hydroxyl groups is 1. The number of aromatic nitrogens is 3. The number of piperazine rings is 1. The Morgan fingerprint density at radius 2 is 1.75 bits per heavy atom. The minimum absolute atomic E-state index is 0.181. The van der Waals surface area contributed by atoms with Crippen molar-refractivity contribution in [2.45, 2.75) is 37.8 Å². The number of ether oxygens (including phenoxy) is 1. The highest BCUT2D eigenvalue weighted by atomic mass is 16.5. The van der Waals surface area contributed by atoms with E-state index in [4.69, 9.17) is 15.6 Å². The SMILES string of the molecule is COc1cc(-c2nn(C3CCC(N4CCN(C)CC4)CC3)c3cncc(N)c23)ccc1/N=C/c1ccccc1O. The van der Waals surface area contributed by atoms with E-state index in [0.717, 1.165) is 61.2 Å². The van der Waals surface area contributed by atoms with Crippen LogP contribution in [0, 0.1) is 0 Å². The summed E-state index contributed by atoms with van der Waals surface area (Å²) in [6, 6.07) is 13.9. The van der Waals surface area contributed by atoms with E-state index in [2.05, 4.69) is 31.5 Å². The van der Waals surface area contributed by atoms with Gasteiger partial charge >= 0.3 is 0 Å². The summed E-state index contributed by atoms with van der Waals surface area (Å²) in [5.41, 5.74) is 11.1. The van der Waals surface area contributed by atoms with Crippen LogP contribution in [0.4, 0.5) is 11.4 Å². The molecule has 1 aliphatic carbocycles. The lowest BCUT2D eigenvalue weighted by Crippen LogP contribution is -2.49. The number of nitrogen functional groups attached to an aromatic ring is 1. The number of rotatable bonds is 6. The number of nitrogens with two attached hydrogens (primary N) is 1. The third-order valence-electron chi connectivity index (χ3n) is 8.45. The zero-order valence-corrected chi connectivity index (χ0v) is 23.2. The summed E-state index contributed by atoms with van der Waals surface area (Å²) in [7, 11) is 3.84. The molecule has 9 heteroatoms. The lowest BCUT2D eigenvalue weighted by molar-refractivity contribution is 0.0816. The van der Waals surface area contributed by atoms with Gasteiger partial charge in [-0.3, -0.25) is 19.6 Å². The second-order valence-corrected chi connectivity index (χ2v) is 10.9. The minimum atomic E-state index is 0.181. The van der Waals surface area contributed by atoms with Gasteiger partial charge in [0.1, 0.15) is 22.9 Å². The zero-order chi connectivity index (χ0) is 27.6. The lowest BCUT2D eigenvalue weighted by Gasteiger charge is -2.41. The maximum absolute atomic E-state index is 10.1. The summed E-state index contributed by atoms with van der Waals surface area (Å²) < 4.78 is 7.86. The summed E-state index contributed by atoms with van der Waals surface area (Å²) in [6.07, 6.45) is 9.76. The Morgan fingerprint density at radius 1 is 1.00 bits per heavy atom. The first-order valence-electron chi connectivity index (χ1n) is 14.1. The number of aliphatic imine (C=N–C) groups is 1. The molecule has 40 heavy (non-hydrogen) atoms. The Kier molecular flexibility index (Phi) is 7.40. The average Bonchev–Trinajstić information content (AvgIpc) is 3.38. The molecule has 1 saturated heterocycles. The van der Waals surface area contributed by atoms with Crippen molar-refractivity contribution in [2.75, 3.05) is 46.1 Å². The van der Waals surface area contributed by atoms with Crippen LogP contribution in [-0.4, -0.2) is 82.3 Å². The smallest absolute Gasteiger partial charge is 0.145 e. The fraction of sp³-hybridized carbons (Fsp3) is 0.387. The highest BCUT2D eigenvalue weighted by Gasteiger charge is 2.30. The summed E-state index contributed by atoms with van der Waals surface area (Å²) in [4.78, 5) is 14.1. The highest BCUT2D eigenvalue weighted by molar-refractivity contribution is 6.01. The third-order valence-corrected chi connectivity index (χ3v) is 8.45. The van der Waals surface area contributed by atoms with Gasteiger partial charge < -0.3 is 20.5 Å². The molecular weight excluding hydrogens is 502 g/mol. The van der Waals surface area contributed by atoms with Crippen LogP contribution in [0.15, 0.2) is 59.9 Å². The number of phenolic OH excluding ortho intramolecular Hbond substituents is 1. The molecule has 0 bridgehead atoms. The van der Waals surface area contributed by atoms with Gasteiger partial charge in [0.05, 0.1) is 42.1 Å². The monoisotopic (exact) mass is 539 g/mol. The Labute approximate surface area is 234 Å². The standard InChI is InChI=1S/C31H37N7O2/c1-36-13-15-37(16-14-36)23-8-10-24(11-9-23)38-27-20-33-19-25(32)30(27)31(35-38)21-7-12-26(29(17-21)40-2)34-18-22-5-3-4-6-28(22)39/h3-7,12,17-20,23-24,39H,8-11,13-16,32H2,1-2H3/b34-18+. The average molecular weight is 540 g/mol. The van der Waals surface area contributed by atoms with Crippen molar-refractivity contribution in [3.05, 3.63) is 60.4 Å². The molecule has 0 spiro atoms. The molecule has 208 valence electrons. The van der Waals surface area contributed by atoms with E-state index in [9.17, 15) is 5.11 Å². The first kappa shape index (κ1) is 26.3. The largest absolute Gasteiger partial charge is 0.507 e. The van der Waals surface area contributed by atoms with Gasteiger partial charge in [-0.1, -0.05) is 18.2 Å². The molecule has 2 fully saturated rings. The van der Waals surface area contributed by atoms with Crippen molar-refractivity contribution in [2.24, 2.45) is 4.99 Å². The molecule has 9 nitrogen and oxygen atoms in total. The number of benzene rings is 2. The predicted octanol–water partition coefficient (Wildman–Crippen LogP) is 4.88. The minimum Gasteiger partial charge on any atom is -0.507 e. The van der Waals surface area contributed by atoms with Gasteiger partial charge in [-0.25, -0.2) is 0 Å². The first-order valence-corrected chi connectivity index (χ1v) is 14.1. The second-order valence-electron chi connectivity index (χ2n) is 10.9. The van der Waals surface area contributed by atoms with Crippen LogP contribution < -0.4 is 10.5 Å². The van der Waals surface area contributed by atoms with Crippen molar-refractivity contribution in [1.29, 1.82) is 0 Å². The number of pyridine rings is 1. The fourth-order valence-electron chi connectivity index (χ4n) is 6.11. The van der Waals surface area contributed by atoms with Gasteiger partial charge in [0.25, 0.3) is 0 Å². The van der Waals surface area contributed by atoms with Crippen molar-refractivity contribution < 1.29 is 9.84 Å². The summed E-state index contributed by atoms with van der Waals surface area (Å²) in [6.45, 7) is 4.63. The van der Waals surface area contributed by atoms with Crippen molar-refractivity contribution >= 4 is 28.5 Å². The van der Waals surface area contributed by atoms with Gasteiger partial charge in [0, 0.05) is 49.6 Å². The van der Waals surface area contributed by atoms with Gasteiger partial charge in [-0.2, -0.15) is 5.10 Å². The van der Waals surface area contributed by atoms with Gasteiger partial charge in [-0.15, -0.1) is 0 Å². The third kappa shape index (κ3) is 5.14. The number of phenols is 1. The Hall–Kier alpha value is -3.95. The Bertz CT molecular complexity index is 1520. The number of fused-ring (bicyclic) bond motifs is 1. The molecule has 2 aromatic carbocycles. The summed E-state index contributed by atoms with van der Waals surface area (Å²) >= 11 is 0. The Balaban J connectivity index is 1.28. The molecule has 3 heterocycles.